The number of aryl methyl sites for hydroxylation is 1. The third-order valence-corrected chi connectivity index (χ3v) is 3.23. The molecule has 20 heavy (non-hydrogen) atoms. The molecular formula is C13H10Br2F2N2O. The van der Waals surface area contributed by atoms with Crippen molar-refractivity contribution < 1.29 is 13.5 Å². The van der Waals surface area contributed by atoms with Gasteiger partial charge in [0.15, 0.2) is 11.6 Å². The Bertz CT molecular complexity index is 638. The summed E-state index contributed by atoms with van der Waals surface area (Å²) in [4.78, 5) is 8.32. The number of aromatic nitrogens is 2. The molecule has 1 heterocycles. The number of hydrogen-bond donors (Lipinski definition) is 0. The maximum absolute atomic E-state index is 13.6. The first kappa shape index (κ1) is 15.3. The highest BCUT2D eigenvalue weighted by Gasteiger charge is 2.13. The lowest BCUT2D eigenvalue weighted by atomic mass is 10.3. The van der Waals surface area contributed by atoms with Crippen molar-refractivity contribution in [1.82, 2.24) is 9.97 Å². The van der Waals surface area contributed by atoms with Crippen molar-refractivity contribution >= 4 is 31.9 Å². The van der Waals surface area contributed by atoms with Gasteiger partial charge in [-0.05, 0) is 34.5 Å². The fourth-order valence-electron chi connectivity index (χ4n) is 1.55. The Morgan fingerprint density at radius 1 is 1.15 bits per heavy atom. The molecule has 0 atom stereocenters. The normalized spacial score (nSPS) is 10.7. The van der Waals surface area contributed by atoms with Crippen LogP contribution in [0.15, 0.2) is 27.3 Å². The van der Waals surface area contributed by atoms with Crippen molar-refractivity contribution in [2.45, 2.75) is 19.8 Å². The second-order valence-electron chi connectivity index (χ2n) is 4.00. The quantitative estimate of drug-likeness (QED) is 0.527. The van der Waals surface area contributed by atoms with Gasteiger partial charge in [-0.1, -0.05) is 22.9 Å². The molecule has 0 fully saturated rings. The van der Waals surface area contributed by atoms with Crippen LogP contribution in [0.2, 0.25) is 0 Å². The van der Waals surface area contributed by atoms with Gasteiger partial charge < -0.3 is 4.74 Å². The van der Waals surface area contributed by atoms with Crippen LogP contribution in [-0.2, 0) is 6.42 Å². The van der Waals surface area contributed by atoms with Gasteiger partial charge in [-0.2, -0.15) is 9.37 Å². The smallest absolute Gasteiger partial charge is 0.223 e. The average Bonchev–Trinajstić information content (AvgIpc) is 2.35. The Kier molecular flexibility index (Phi) is 5.04. The first-order valence-corrected chi connectivity index (χ1v) is 7.44. The fourth-order valence-corrected chi connectivity index (χ4v) is 2.36. The minimum atomic E-state index is -1.06. The lowest BCUT2D eigenvalue weighted by Crippen LogP contribution is -1.99. The summed E-state index contributed by atoms with van der Waals surface area (Å²) in [6.45, 7) is 1.99. The molecule has 0 unspecified atom stereocenters. The van der Waals surface area contributed by atoms with Crippen LogP contribution in [0.1, 0.15) is 19.2 Å². The average molecular weight is 408 g/mol. The van der Waals surface area contributed by atoms with Gasteiger partial charge in [0, 0.05) is 17.0 Å². The lowest BCUT2D eigenvalue weighted by molar-refractivity contribution is 0.402. The highest BCUT2D eigenvalue weighted by molar-refractivity contribution is 9.10. The molecule has 7 heteroatoms. The minimum Gasteiger partial charge on any atom is -0.436 e. The van der Waals surface area contributed by atoms with E-state index in [1.54, 1.807) is 0 Å². The molecule has 0 spiro atoms. The summed E-state index contributed by atoms with van der Waals surface area (Å²) in [7, 11) is 0. The summed E-state index contributed by atoms with van der Waals surface area (Å²) in [5, 5.41) is 0. The van der Waals surface area contributed by atoms with Crippen LogP contribution in [-0.4, -0.2) is 9.97 Å². The maximum Gasteiger partial charge on any atom is 0.223 e. The van der Waals surface area contributed by atoms with E-state index in [0.29, 0.717) is 21.3 Å². The lowest BCUT2D eigenvalue weighted by Gasteiger charge is -2.08. The second-order valence-corrected chi connectivity index (χ2v) is 5.73. The van der Waals surface area contributed by atoms with E-state index in [0.717, 1.165) is 12.5 Å². The van der Waals surface area contributed by atoms with E-state index in [1.807, 2.05) is 6.92 Å². The molecule has 0 aliphatic heterocycles. The standard InChI is InChI=1S/C13H10Br2F2N2O/c1-2-3-11-18-10(15)6-12(19-11)20-9-5-7(14)4-8(16)13(9)17/h4-6H,2-3H2,1H3. The number of benzene rings is 1. The van der Waals surface area contributed by atoms with E-state index < -0.39 is 11.6 Å². The van der Waals surface area contributed by atoms with Gasteiger partial charge in [-0.15, -0.1) is 0 Å². The predicted molar refractivity (Wildman–Crippen MR) is 77.9 cm³/mol. The summed E-state index contributed by atoms with van der Waals surface area (Å²) >= 11 is 6.32. The van der Waals surface area contributed by atoms with Gasteiger partial charge in [0.2, 0.25) is 11.7 Å². The van der Waals surface area contributed by atoms with Crippen molar-refractivity contribution in [3.63, 3.8) is 0 Å². The topological polar surface area (TPSA) is 35.0 Å². The molecule has 2 aromatic rings. The summed E-state index contributed by atoms with van der Waals surface area (Å²) in [6, 6.07) is 3.87. The number of ether oxygens (including phenoxy) is 1. The van der Waals surface area contributed by atoms with Crippen LogP contribution in [0.4, 0.5) is 8.78 Å². The number of rotatable bonds is 4. The van der Waals surface area contributed by atoms with Gasteiger partial charge >= 0.3 is 0 Å². The zero-order valence-electron chi connectivity index (χ0n) is 10.5. The Hall–Kier alpha value is -1.08. The molecule has 0 saturated carbocycles. The Morgan fingerprint density at radius 2 is 1.90 bits per heavy atom. The van der Waals surface area contributed by atoms with E-state index in [9.17, 15) is 8.78 Å². The first-order chi connectivity index (χ1) is 9.49. The Morgan fingerprint density at radius 3 is 2.60 bits per heavy atom. The summed E-state index contributed by atoms with van der Waals surface area (Å²) < 4.78 is 33.2. The summed E-state index contributed by atoms with van der Waals surface area (Å²) in [5.74, 6) is -1.54. The van der Waals surface area contributed by atoms with Crippen molar-refractivity contribution in [3.05, 3.63) is 44.7 Å². The van der Waals surface area contributed by atoms with Crippen molar-refractivity contribution in [3.8, 4) is 11.6 Å². The van der Waals surface area contributed by atoms with Gasteiger partial charge in [0.25, 0.3) is 0 Å². The van der Waals surface area contributed by atoms with Gasteiger partial charge in [0.1, 0.15) is 10.4 Å². The SMILES string of the molecule is CCCc1nc(Br)cc(Oc2cc(Br)cc(F)c2F)n1. The fraction of sp³-hybridized carbons (Fsp3) is 0.231. The molecule has 0 saturated heterocycles. The van der Waals surface area contributed by atoms with E-state index in [1.165, 1.54) is 12.1 Å². The van der Waals surface area contributed by atoms with Crippen LogP contribution < -0.4 is 4.74 Å². The number of nitrogens with zero attached hydrogens (tertiary/aromatic N) is 2. The zero-order chi connectivity index (χ0) is 14.7. The molecule has 0 bridgehead atoms. The molecular weight excluding hydrogens is 398 g/mol. The minimum absolute atomic E-state index is 0.159. The van der Waals surface area contributed by atoms with Crippen LogP contribution in [0.3, 0.4) is 0 Å². The monoisotopic (exact) mass is 406 g/mol. The number of halogens is 4. The van der Waals surface area contributed by atoms with Crippen molar-refractivity contribution in [2.24, 2.45) is 0 Å². The molecule has 0 amide bonds. The Labute approximate surface area is 131 Å². The third-order valence-electron chi connectivity index (χ3n) is 2.37. The van der Waals surface area contributed by atoms with E-state index >= 15 is 0 Å². The first-order valence-electron chi connectivity index (χ1n) is 5.85. The predicted octanol–water partition coefficient (Wildman–Crippen LogP) is 5.02. The van der Waals surface area contributed by atoms with E-state index in [2.05, 4.69) is 41.8 Å². The van der Waals surface area contributed by atoms with Gasteiger partial charge in [-0.25, -0.2) is 9.37 Å². The molecule has 2 rings (SSSR count). The van der Waals surface area contributed by atoms with Gasteiger partial charge in [0.05, 0.1) is 0 Å². The Balaban J connectivity index is 2.34. The van der Waals surface area contributed by atoms with E-state index in [4.69, 9.17) is 4.74 Å². The molecule has 1 aromatic carbocycles. The third kappa shape index (κ3) is 3.73. The largest absolute Gasteiger partial charge is 0.436 e. The second kappa shape index (κ2) is 6.58. The molecule has 106 valence electrons. The maximum atomic E-state index is 13.6. The number of hydrogen-bond acceptors (Lipinski definition) is 3. The summed E-state index contributed by atoms with van der Waals surface area (Å²) in [5.41, 5.74) is 0. The van der Waals surface area contributed by atoms with Crippen molar-refractivity contribution in [1.29, 1.82) is 0 Å². The highest BCUT2D eigenvalue weighted by Crippen LogP contribution is 2.29. The highest BCUT2D eigenvalue weighted by atomic mass is 79.9. The van der Waals surface area contributed by atoms with Crippen LogP contribution in [0, 0.1) is 11.6 Å². The summed E-state index contributed by atoms with van der Waals surface area (Å²) in [6.07, 6.45) is 1.54. The zero-order valence-corrected chi connectivity index (χ0v) is 13.6. The van der Waals surface area contributed by atoms with Crippen molar-refractivity contribution in [2.75, 3.05) is 0 Å². The van der Waals surface area contributed by atoms with Crippen LogP contribution in [0.5, 0.6) is 11.6 Å². The molecule has 0 radical (unpaired) electrons. The molecule has 3 nitrogen and oxygen atoms in total. The molecule has 0 aliphatic carbocycles. The molecule has 1 aromatic heterocycles. The molecule has 0 aliphatic rings. The van der Waals surface area contributed by atoms with Gasteiger partial charge in [-0.3, -0.25) is 0 Å². The van der Waals surface area contributed by atoms with Crippen LogP contribution >= 0.6 is 31.9 Å². The van der Waals surface area contributed by atoms with E-state index in [-0.39, 0.29) is 11.6 Å². The van der Waals surface area contributed by atoms with Crippen LogP contribution in [0.25, 0.3) is 0 Å². The molecule has 0 N–H and O–H groups in total.